The molecule has 0 aliphatic heterocycles. The molecular formula is C15H17F3N2O2. The fourth-order valence-corrected chi connectivity index (χ4v) is 2.33. The number of benzene rings is 1. The third-order valence-electron chi connectivity index (χ3n) is 3.31. The molecule has 0 saturated heterocycles. The van der Waals surface area contributed by atoms with Crippen molar-refractivity contribution < 1.29 is 22.7 Å². The van der Waals surface area contributed by atoms with Gasteiger partial charge in [-0.05, 0) is 31.2 Å². The van der Waals surface area contributed by atoms with E-state index in [9.17, 15) is 18.0 Å². The van der Waals surface area contributed by atoms with Crippen LogP contribution in [0.3, 0.4) is 0 Å². The summed E-state index contributed by atoms with van der Waals surface area (Å²) in [5, 5.41) is 0.747. The standard InChI is InChI=1S/C15H17F3N2O2/c1-4-22-11-5-6-12-10(7-11)8-13(20(12)3)14(21)19(2)9-15(16,17)18/h5-8H,4,9H2,1-3H3. The number of nitrogens with zero attached hydrogens (tertiary/aromatic N) is 2. The third kappa shape index (κ3) is 3.35. The van der Waals surface area contributed by atoms with Gasteiger partial charge in [0.15, 0.2) is 0 Å². The number of hydrogen-bond donors (Lipinski definition) is 0. The zero-order valence-electron chi connectivity index (χ0n) is 12.6. The van der Waals surface area contributed by atoms with Crippen molar-refractivity contribution in [3.63, 3.8) is 0 Å². The maximum Gasteiger partial charge on any atom is 0.406 e. The Morgan fingerprint density at radius 3 is 2.59 bits per heavy atom. The summed E-state index contributed by atoms with van der Waals surface area (Å²) in [5.74, 6) is -0.0165. The predicted molar refractivity (Wildman–Crippen MR) is 77.1 cm³/mol. The summed E-state index contributed by atoms with van der Waals surface area (Å²) >= 11 is 0. The Morgan fingerprint density at radius 1 is 1.32 bits per heavy atom. The summed E-state index contributed by atoms with van der Waals surface area (Å²) in [6.45, 7) is 1.09. The number of aryl methyl sites for hydroxylation is 1. The van der Waals surface area contributed by atoms with Gasteiger partial charge >= 0.3 is 6.18 Å². The van der Waals surface area contributed by atoms with Crippen molar-refractivity contribution >= 4 is 16.8 Å². The van der Waals surface area contributed by atoms with Crippen molar-refractivity contribution in [1.82, 2.24) is 9.47 Å². The summed E-state index contributed by atoms with van der Waals surface area (Å²) in [7, 11) is 2.79. The van der Waals surface area contributed by atoms with Gasteiger partial charge in [0.2, 0.25) is 0 Å². The molecule has 0 unspecified atom stereocenters. The highest BCUT2D eigenvalue weighted by Crippen LogP contribution is 2.25. The maximum atomic E-state index is 12.4. The number of ether oxygens (including phenoxy) is 1. The lowest BCUT2D eigenvalue weighted by atomic mass is 10.2. The fourth-order valence-electron chi connectivity index (χ4n) is 2.33. The molecule has 0 radical (unpaired) electrons. The van der Waals surface area contributed by atoms with Crippen LogP contribution >= 0.6 is 0 Å². The van der Waals surface area contributed by atoms with Crippen molar-refractivity contribution in [2.45, 2.75) is 13.1 Å². The van der Waals surface area contributed by atoms with Crippen LogP contribution in [-0.4, -0.2) is 41.7 Å². The molecule has 0 spiro atoms. The van der Waals surface area contributed by atoms with Crippen molar-refractivity contribution in [2.24, 2.45) is 7.05 Å². The summed E-state index contributed by atoms with van der Waals surface area (Å²) in [6.07, 6.45) is -4.42. The first-order valence-corrected chi connectivity index (χ1v) is 6.77. The van der Waals surface area contributed by atoms with Crippen LogP contribution in [-0.2, 0) is 7.05 Å². The Morgan fingerprint density at radius 2 is 2.00 bits per heavy atom. The van der Waals surface area contributed by atoms with E-state index in [0.29, 0.717) is 17.3 Å². The average Bonchev–Trinajstić information content (AvgIpc) is 2.73. The molecule has 0 saturated carbocycles. The molecule has 4 nitrogen and oxygen atoms in total. The molecule has 1 heterocycles. The van der Waals surface area contributed by atoms with Crippen molar-refractivity contribution in [3.05, 3.63) is 30.0 Å². The topological polar surface area (TPSA) is 34.5 Å². The average molecular weight is 314 g/mol. The summed E-state index contributed by atoms with van der Waals surface area (Å²) in [5.41, 5.74) is 0.961. The number of aromatic nitrogens is 1. The summed E-state index contributed by atoms with van der Waals surface area (Å²) in [6, 6.07) is 6.88. The van der Waals surface area contributed by atoms with Crippen LogP contribution in [0.5, 0.6) is 5.75 Å². The molecule has 0 aliphatic carbocycles. The number of rotatable bonds is 4. The summed E-state index contributed by atoms with van der Waals surface area (Å²) in [4.78, 5) is 12.9. The van der Waals surface area contributed by atoms with Crippen LogP contribution < -0.4 is 4.74 Å². The van der Waals surface area contributed by atoms with E-state index in [-0.39, 0.29) is 5.69 Å². The minimum Gasteiger partial charge on any atom is -0.494 e. The lowest BCUT2D eigenvalue weighted by Crippen LogP contribution is -2.36. The van der Waals surface area contributed by atoms with Crippen LogP contribution in [0.15, 0.2) is 24.3 Å². The second kappa shape index (κ2) is 5.90. The van der Waals surface area contributed by atoms with E-state index in [4.69, 9.17) is 4.74 Å². The first-order valence-electron chi connectivity index (χ1n) is 6.77. The van der Waals surface area contributed by atoms with E-state index in [1.54, 1.807) is 35.9 Å². The highest BCUT2D eigenvalue weighted by atomic mass is 19.4. The zero-order valence-corrected chi connectivity index (χ0v) is 12.6. The fraction of sp³-hybridized carbons (Fsp3) is 0.400. The number of amides is 1. The molecule has 0 atom stereocenters. The Bertz CT molecular complexity index is 692. The SMILES string of the molecule is CCOc1ccc2c(c1)cc(C(=O)N(C)CC(F)(F)F)n2C. The van der Waals surface area contributed by atoms with Crippen LogP contribution in [0.25, 0.3) is 10.9 Å². The second-order valence-electron chi connectivity index (χ2n) is 5.02. The molecule has 2 aromatic rings. The van der Waals surface area contributed by atoms with Crippen molar-refractivity contribution in [1.29, 1.82) is 0 Å². The molecule has 120 valence electrons. The number of carbonyl (C=O) groups excluding carboxylic acids is 1. The summed E-state index contributed by atoms with van der Waals surface area (Å²) < 4.78 is 44.2. The molecular weight excluding hydrogens is 297 g/mol. The quantitative estimate of drug-likeness (QED) is 0.868. The molecule has 1 amide bonds. The van der Waals surface area contributed by atoms with Crippen LogP contribution in [0, 0.1) is 0 Å². The monoisotopic (exact) mass is 314 g/mol. The van der Waals surface area contributed by atoms with Gasteiger partial charge in [-0.25, -0.2) is 0 Å². The Balaban J connectivity index is 2.35. The van der Waals surface area contributed by atoms with E-state index < -0.39 is 18.6 Å². The van der Waals surface area contributed by atoms with Crippen LogP contribution in [0.2, 0.25) is 0 Å². The van der Waals surface area contributed by atoms with Gasteiger partial charge in [-0.3, -0.25) is 4.79 Å². The molecule has 1 aromatic heterocycles. The van der Waals surface area contributed by atoms with Crippen molar-refractivity contribution in [2.75, 3.05) is 20.2 Å². The molecule has 0 N–H and O–H groups in total. The Hall–Kier alpha value is -2.18. The largest absolute Gasteiger partial charge is 0.494 e. The maximum absolute atomic E-state index is 12.4. The number of halogens is 3. The predicted octanol–water partition coefficient (Wildman–Crippen LogP) is 3.21. The second-order valence-corrected chi connectivity index (χ2v) is 5.02. The van der Waals surface area contributed by atoms with Crippen LogP contribution in [0.1, 0.15) is 17.4 Å². The van der Waals surface area contributed by atoms with Gasteiger partial charge in [0.1, 0.15) is 18.0 Å². The number of fused-ring (bicyclic) bond motifs is 1. The molecule has 0 bridgehead atoms. The number of carbonyl (C=O) groups is 1. The first-order chi connectivity index (χ1) is 10.2. The van der Waals surface area contributed by atoms with Gasteiger partial charge in [0.25, 0.3) is 5.91 Å². The molecule has 0 aliphatic rings. The van der Waals surface area contributed by atoms with Gasteiger partial charge in [-0.1, -0.05) is 0 Å². The lowest BCUT2D eigenvalue weighted by Gasteiger charge is -2.19. The van der Waals surface area contributed by atoms with Gasteiger partial charge in [-0.15, -0.1) is 0 Å². The van der Waals surface area contributed by atoms with E-state index in [0.717, 1.165) is 18.0 Å². The Kier molecular flexibility index (Phi) is 4.35. The van der Waals surface area contributed by atoms with E-state index in [1.165, 1.54) is 0 Å². The third-order valence-corrected chi connectivity index (χ3v) is 3.31. The zero-order chi connectivity index (χ0) is 16.5. The normalized spacial score (nSPS) is 11.7. The first kappa shape index (κ1) is 16.2. The van der Waals surface area contributed by atoms with E-state index in [1.807, 2.05) is 6.92 Å². The van der Waals surface area contributed by atoms with Gasteiger partial charge < -0.3 is 14.2 Å². The Labute approximate surface area is 126 Å². The van der Waals surface area contributed by atoms with Gasteiger partial charge in [-0.2, -0.15) is 13.2 Å². The highest BCUT2D eigenvalue weighted by Gasteiger charge is 2.32. The molecule has 0 fully saturated rings. The number of alkyl halides is 3. The number of hydrogen-bond acceptors (Lipinski definition) is 2. The molecule has 22 heavy (non-hydrogen) atoms. The van der Waals surface area contributed by atoms with Crippen LogP contribution in [0.4, 0.5) is 13.2 Å². The lowest BCUT2D eigenvalue weighted by molar-refractivity contribution is -0.138. The molecule has 2 rings (SSSR count). The smallest absolute Gasteiger partial charge is 0.406 e. The minimum absolute atomic E-state index is 0.204. The van der Waals surface area contributed by atoms with Gasteiger partial charge in [0, 0.05) is 25.0 Å². The minimum atomic E-state index is -4.42. The van der Waals surface area contributed by atoms with E-state index in [2.05, 4.69) is 0 Å². The van der Waals surface area contributed by atoms with Gasteiger partial charge in [0.05, 0.1) is 6.61 Å². The molecule has 1 aromatic carbocycles. The van der Waals surface area contributed by atoms with Crippen molar-refractivity contribution in [3.8, 4) is 5.75 Å². The highest BCUT2D eigenvalue weighted by molar-refractivity contribution is 5.98. The molecule has 7 heteroatoms. The van der Waals surface area contributed by atoms with E-state index >= 15 is 0 Å².